The molecule has 1 atom stereocenters. The van der Waals surface area contributed by atoms with Crippen molar-refractivity contribution >= 4 is 21.6 Å². The fourth-order valence-corrected chi connectivity index (χ4v) is 4.88. The predicted molar refractivity (Wildman–Crippen MR) is 127 cm³/mol. The van der Waals surface area contributed by atoms with Crippen LogP contribution in [0, 0.1) is 6.92 Å². The molecule has 0 spiro atoms. The fraction of sp³-hybridized carbons (Fsp3) is 0.458. The number of rotatable bonds is 9. The average Bonchev–Trinajstić information content (AvgIpc) is 3.26. The second-order valence-corrected chi connectivity index (χ2v) is 10.1. The molecule has 32 heavy (non-hydrogen) atoms. The molecule has 1 N–H and O–H groups in total. The zero-order valence-corrected chi connectivity index (χ0v) is 20.1. The highest BCUT2D eigenvalue weighted by Gasteiger charge is 2.26. The average molecular weight is 460 g/mol. The molecular formula is C24H33N3O4S. The van der Waals surface area contributed by atoms with E-state index in [1.54, 1.807) is 17.9 Å². The first kappa shape index (κ1) is 24.2. The summed E-state index contributed by atoms with van der Waals surface area (Å²) in [6.07, 6.45) is 1.89. The fourth-order valence-electron chi connectivity index (χ4n) is 3.82. The van der Waals surface area contributed by atoms with Crippen LogP contribution in [0.15, 0.2) is 47.4 Å². The van der Waals surface area contributed by atoms with Crippen molar-refractivity contribution in [3.05, 3.63) is 59.2 Å². The van der Waals surface area contributed by atoms with Gasteiger partial charge in [-0.05, 0) is 55.2 Å². The number of carbonyl (C=O) groups excluding carboxylic acids is 1. The molecule has 1 fully saturated rings. The molecule has 1 saturated heterocycles. The second kappa shape index (κ2) is 10.5. The Morgan fingerprint density at radius 1 is 1.16 bits per heavy atom. The molecule has 0 bridgehead atoms. The van der Waals surface area contributed by atoms with Crippen LogP contribution in [0.3, 0.4) is 0 Å². The van der Waals surface area contributed by atoms with Gasteiger partial charge in [0.05, 0.1) is 11.0 Å². The maximum atomic E-state index is 13.6. The molecule has 2 aromatic carbocycles. The summed E-state index contributed by atoms with van der Waals surface area (Å²) in [5, 5.41) is 0. The molecule has 1 amide bonds. The molecule has 2 aromatic rings. The third-order valence-corrected chi connectivity index (χ3v) is 7.19. The minimum Gasteiger partial charge on any atom is -0.378 e. The summed E-state index contributed by atoms with van der Waals surface area (Å²) in [4.78, 5) is 17.5. The van der Waals surface area contributed by atoms with Gasteiger partial charge in [0.2, 0.25) is 10.0 Å². The van der Waals surface area contributed by atoms with Crippen LogP contribution >= 0.6 is 0 Å². The Hall–Kier alpha value is -2.42. The van der Waals surface area contributed by atoms with E-state index in [9.17, 15) is 13.2 Å². The third-order valence-electron chi connectivity index (χ3n) is 5.65. The predicted octanol–water partition coefficient (Wildman–Crippen LogP) is 3.18. The molecule has 1 heterocycles. The van der Waals surface area contributed by atoms with E-state index < -0.39 is 10.0 Å². The minimum absolute atomic E-state index is 0.00558. The summed E-state index contributed by atoms with van der Waals surface area (Å²) in [6, 6.07) is 12.8. The van der Waals surface area contributed by atoms with Crippen molar-refractivity contribution in [3.8, 4) is 0 Å². The van der Waals surface area contributed by atoms with E-state index >= 15 is 0 Å². The van der Waals surface area contributed by atoms with Crippen LogP contribution in [0.4, 0.5) is 5.69 Å². The molecule has 1 aliphatic heterocycles. The Labute approximate surface area is 191 Å². The summed E-state index contributed by atoms with van der Waals surface area (Å²) < 4.78 is 33.3. The van der Waals surface area contributed by atoms with Crippen molar-refractivity contribution in [2.24, 2.45) is 0 Å². The van der Waals surface area contributed by atoms with Gasteiger partial charge in [-0.25, -0.2) is 13.1 Å². The van der Waals surface area contributed by atoms with Crippen molar-refractivity contribution < 1.29 is 17.9 Å². The van der Waals surface area contributed by atoms with Crippen molar-refractivity contribution in [1.29, 1.82) is 0 Å². The highest BCUT2D eigenvalue weighted by atomic mass is 32.2. The summed E-state index contributed by atoms with van der Waals surface area (Å²) in [5.41, 5.74) is 3.23. The van der Waals surface area contributed by atoms with Gasteiger partial charge >= 0.3 is 0 Å². The van der Waals surface area contributed by atoms with Crippen LogP contribution in [-0.4, -0.2) is 59.1 Å². The van der Waals surface area contributed by atoms with Crippen molar-refractivity contribution in [2.45, 2.75) is 44.2 Å². The van der Waals surface area contributed by atoms with E-state index in [0.29, 0.717) is 25.3 Å². The van der Waals surface area contributed by atoms with Gasteiger partial charge in [0.15, 0.2) is 0 Å². The van der Waals surface area contributed by atoms with E-state index in [1.807, 2.05) is 50.2 Å². The number of hydrogen-bond acceptors (Lipinski definition) is 5. The molecule has 7 nitrogen and oxygen atoms in total. The van der Waals surface area contributed by atoms with E-state index in [-0.39, 0.29) is 23.5 Å². The van der Waals surface area contributed by atoms with Gasteiger partial charge in [-0.2, -0.15) is 0 Å². The number of benzene rings is 2. The molecule has 0 saturated carbocycles. The van der Waals surface area contributed by atoms with Crippen molar-refractivity contribution in [3.63, 3.8) is 0 Å². The number of aryl methyl sites for hydroxylation is 1. The molecule has 0 radical (unpaired) electrons. The van der Waals surface area contributed by atoms with Gasteiger partial charge in [0.1, 0.15) is 0 Å². The Morgan fingerprint density at radius 3 is 2.47 bits per heavy atom. The van der Waals surface area contributed by atoms with Crippen LogP contribution < -0.4 is 9.62 Å². The molecule has 0 aliphatic carbocycles. The smallest absolute Gasteiger partial charge is 0.254 e. The molecular weight excluding hydrogens is 426 g/mol. The van der Waals surface area contributed by atoms with Gasteiger partial charge in [-0.1, -0.05) is 25.1 Å². The van der Waals surface area contributed by atoms with Gasteiger partial charge < -0.3 is 14.5 Å². The first-order chi connectivity index (χ1) is 15.2. The number of sulfonamides is 1. The van der Waals surface area contributed by atoms with Crippen LogP contribution in [0.5, 0.6) is 0 Å². The number of anilines is 1. The lowest BCUT2D eigenvalue weighted by Gasteiger charge is -2.27. The molecule has 1 aliphatic rings. The standard InChI is InChI=1S/C24H33N3O4S/c1-5-25-32(29,30)22-13-8-18(2)23(15-22)24(28)27(17-21-7-6-14-31-21)16-19-9-11-20(12-10-19)26(3)4/h8-13,15,21,25H,5-7,14,16-17H2,1-4H3. The topological polar surface area (TPSA) is 79.0 Å². The Bertz CT molecular complexity index is 1030. The SMILES string of the molecule is CCNS(=O)(=O)c1ccc(C)c(C(=O)N(Cc2ccc(N(C)C)cc2)CC2CCCO2)c1. The number of hydrogen-bond donors (Lipinski definition) is 1. The highest BCUT2D eigenvalue weighted by molar-refractivity contribution is 7.89. The lowest BCUT2D eigenvalue weighted by atomic mass is 10.1. The maximum absolute atomic E-state index is 13.6. The first-order valence-corrected chi connectivity index (χ1v) is 12.5. The van der Waals surface area contributed by atoms with Crippen molar-refractivity contribution in [1.82, 2.24) is 9.62 Å². The normalized spacial score (nSPS) is 16.2. The summed E-state index contributed by atoms with van der Waals surface area (Å²) in [7, 11) is 0.318. The van der Waals surface area contributed by atoms with Gasteiger partial charge in [0, 0.05) is 51.6 Å². The van der Waals surface area contributed by atoms with E-state index in [0.717, 1.165) is 29.7 Å². The van der Waals surface area contributed by atoms with E-state index in [2.05, 4.69) is 4.72 Å². The molecule has 0 aromatic heterocycles. The van der Waals surface area contributed by atoms with Gasteiger partial charge in [-0.3, -0.25) is 4.79 Å². The Balaban J connectivity index is 1.91. The second-order valence-electron chi connectivity index (χ2n) is 8.36. The van der Waals surface area contributed by atoms with Gasteiger partial charge in [-0.15, -0.1) is 0 Å². The van der Waals surface area contributed by atoms with E-state index in [1.165, 1.54) is 12.1 Å². The highest BCUT2D eigenvalue weighted by Crippen LogP contribution is 2.22. The summed E-state index contributed by atoms with van der Waals surface area (Å²) in [6.45, 7) is 5.44. The minimum atomic E-state index is -3.65. The van der Waals surface area contributed by atoms with Crippen LogP contribution in [-0.2, 0) is 21.3 Å². The number of carbonyl (C=O) groups is 1. The lowest BCUT2D eigenvalue weighted by Crippen LogP contribution is -2.37. The largest absolute Gasteiger partial charge is 0.378 e. The number of nitrogens with one attached hydrogen (secondary N) is 1. The molecule has 174 valence electrons. The maximum Gasteiger partial charge on any atom is 0.254 e. The quantitative estimate of drug-likeness (QED) is 0.623. The van der Waals surface area contributed by atoms with Crippen LogP contribution in [0.1, 0.15) is 41.3 Å². The Morgan fingerprint density at radius 2 is 1.88 bits per heavy atom. The summed E-state index contributed by atoms with van der Waals surface area (Å²) >= 11 is 0. The molecule has 8 heteroatoms. The Kier molecular flexibility index (Phi) is 7.92. The third kappa shape index (κ3) is 5.88. The zero-order valence-electron chi connectivity index (χ0n) is 19.3. The number of nitrogens with zero attached hydrogens (tertiary/aromatic N) is 2. The monoisotopic (exact) mass is 459 g/mol. The first-order valence-electron chi connectivity index (χ1n) is 11.0. The lowest BCUT2D eigenvalue weighted by molar-refractivity contribution is 0.0506. The van der Waals surface area contributed by atoms with E-state index in [4.69, 9.17) is 4.74 Å². The molecule has 3 rings (SSSR count). The molecule has 1 unspecified atom stereocenters. The summed E-state index contributed by atoms with van der Waals surface area (Å²) in [5.74, 6) is -0.191. The van der Waals surface area contributed by atoms with Crippen molar-refractivity contribution in [2.75, 3.05) is 38.7 Å². The van der Waals surface area contributed by atoms with Gasteiger partial charge in [0.25, 0.3) is 5.91 Å². The van der Waals surface area contributed by atoms with Crippen LogP contribution in [0.2, 0.25) is 0 Å². The number of ether oxygens (including phenoxy) is 1. The van der Waals surface area contributed by atoms with Crippen LogP contribution in [0.25, 0.3) is 0 Å². The zero-order chi connectivity index (χ0) is 23.3. The number of amides is 1.